The lowest BCUT2D eigenvalue weighted by molar-refractivity contribution is 1.32. The Morgan fingerprint density at radius 2 is 1.00 bits per heavy atom. The van der Waals surface area contributed by atoms with Crippen molar-refractivity contribution >= 4 is 58.8 Å². The van der Waals surface area contributed by atoms with E-state index in [0.717, 1.165) is 23.0 Å². The smallest absolute Gasteiger partial charge is 0.0184 e. The van der Waals surface area contributed by atoms with Crippen molar-refractivity contribution in [2.45, 2.75) is 21.3 Å². The van der Waals surface area contributed by atoms with E-state index >= 15 is 0 Å². The first-order valence-electron chi connectivity index (χ1n) is 8.78. The van der Waals surface area contributed by atoms with E-state index in [2.05, 4.69) is 61.7 Å². The lowest BCUT2D eigenvalue weighted by atomic mass is 10.2. The van der Waals surface area contributed by atoms with Crippen molar-refractivity contribution in [2.75, 3.05) is 23.0 Å². The van der Waals surface area contributed by atoms with E-state index in [1.807, 2.05) is 46.1 Å². The standard InChI is InChI=1S/C22H26S5/c1-3-23-13-15-25-17-19-5-9-21(10-6-19)27-22-11-7-20(8-12-22)18-26-16-14-24-4-2/h3-12H,1-2,13-18H2. The van der Waals surface area contributed by atoms with E-state index in [1.54, 1.807) is 23.5 Å². The van der Waals surface area contributed by atoms with Gasteiger partial charge in [-0.25, -0.2) is 0 Å². The molecule has 0 amide bonds. The van der Waals surface area contributed by atoms with E-state index < -0.39 is 0 Å². The highest BCUT2D eigenvalue weighted by molar-refractivity contribution is 8.04. The highest BCUT2D eigenvalue weighted by Crippen LogP contribution is 2.29. The van der Waals surface area contributed by atoms with E-state index in [0.29, 0.717) is 0 Å². The third kappa shape index (κ3) is 10.1. The monoisotopic (exact) mass is 450 g/mol. The largest absolute Gasteiger partial charge is 0.156 e. The summed E-state index contributed by atoms with van der Waals surface area (Å²) in [5.41, 5.74) is 2.80. The third-order valence-corrected chi connectivity index (χ3v) is 8.49. The van der Waals surface area contributed by atoms with Gasteiger partial charge in [-0.2, -0.15) is 23.5 Å². The molecule has 2 rings (SSSR count). The molecule has 0 aliphatic rings. The summed E-state index contributed by atoms with van der Waals surface area (Å²) >= 11 is 9.38. The zero-order valence-electron chi connectivity index (χ0n) is 15.5. The third-order valence-electron chi connectivity index (χ3n) is 3.55. The van der Waals surface area contributed by atoms with Gasteiger partial charge < -0.3 is 0 Å². The van der Waals surface area contributed by atoms with Gasteiger partial charge in [0.05, 0.1) is 0 Å². The van der Waals surface area contributed by atoms with Crippen LogP contribution >= 0.6 is 58.8 Å². The Balaban J connectivity index is 1.72. The van der Waals surface area contributed by atoms with Gasteiger partial charge in [0.15, 0.2) is 0 Å². The van der Waals surface area contributed by atoms with E-state index in [-0.39, 0.29) is 0 Å². The molecular formula is C22H26S5. The molecule has 0 heterocycles. The summed E-state index contributed by atoms with van der Waals surface area (Å²) in [4.78, 5) is 2.60. The van der Waals surface area contributed by atoms with E-state index in [4.69, 9.17) is 0 Å². The summed E-state index contributed by atoms with van der Waals surface area (Å²) in [5.74, 6) is 6.80. The highest BCUT2D eigenvalue weighted by Gasteiger charge is 2.00. The van der Waals surface area contributed by atoms with Crippen LogP contribution in [0, 0.1) is 0 Å². The molecule has 144 valence electrons. The summed E-state index contributed by atoms with van der Waals surface area (Å²) < 4.78 is 0. The minimum absolute atomic E-state index is 1.08. The Kier molecular flexibility index (Phi) is 12.4. The minimum atomic E-state index is 1.08. The summed E-state index contributed by atoms with van der Waals surface area (Å²) in [6.07, 6.45) is 0. The average Bonchev–Trinajstić information content (AvgIpc) is 2.70. The molecule has 0 nitrogen and oxygen atoms in total. The number of thioether (sulfide) groups is 4. The molecule has 0 fully saturated rings. The molecule has 2 aromatic rings. The minimum Gasteiger partial charge on any atom is -0.156 e. The molecule has 0 bridgehead atoms. The fraction of sp³-hybridized carbons (Fsp3) is 0.273. The van der Waals surface area contributed by atoms with Crippen LogP contribution in [0.25, 0.3) is 0 Å². The summed E-state index contributed by atoms with van der Waals surface area (Å²) in [7, 11) is 0. The SMILES string of the molecule is C=CSCCSCc1ccc(Sc2ccc(CSCCSC=C)cc2)cc1. The number of hydrogen-bond acceptors (Lipinski definition) is 5. The van der Waals surface area contributed by atoms with Gasteiger partial charge in [-0.15, -0.1) is 23.5 Å². The Labute approximate surface area is 185 Å². The molecule has 0 unspecified atom stereocenters. The molecular weight excluding hydrogens is 425 g/mol. The van der Waals surface area contributed by atoms with Gasteiger partial charge in [0.1, 0.15) is 0 Å². The van der Waals surface area contributed by atoms with Crippen LogP contribution in [0.3, 0.4) is 0 Å². The van der Waals surface area contributed by atoms with E-state index in [9.17, 15) is 0 Å². The molecule has 27 heavy (non-hydrogen) atoms. The average molecular weight is 451 g/mol. The molecule has 0 aromatic heterocycles. The van der Waals surface area contributed by atoms with Crippen molar-refractivity contribution < 1.29 is 0 Å². The maximum atomic E-state index is 3.73. The lowest BCUT2D eigenvalue weighted by Gasteiger charge is -2.06. The highest BCUT2D eigenvalue weighted by atomic mass is 32.2. The van der Waals surface area contributed by atoms with E-state index in [1.165, 1.54) is 32.4 Å². The maximum Gasteiger partial charge on any atom is 0.0184 e. The summed E-state index contributed by atoms with van der Waals surface area (Å²) in [6, 6.07) is 18.0. The Hall–Kier alpha value is -0.330. The Morgan fingerprint density at radius 1 is 0.593 bits per heavy atom. The second kappa shape index (κ2) is 14.6. The van der Waals surface area contributed by atoms with Gasteiger partial charge in [0.25, 0.3) is 0 Å². The lowest BCUT2D eigenvalue weighted by Crippen LogP contribution is -1.86. The van der Waals surface area contributed by atoms with Gasteiger partial charge in [0, 0.05) is 44.3 Å². The van der Waals surface area contributed by atoms with Crippen LogP contribution in [0.2, 0.25) is 0 Å². The quantitative estimate of drug-likeness (QED) is 0.266. The van der Waals surface area contributed by atoms with Crippen LogP contribution < -0.4 is 0 Å². The van der Waals surface area contributed by atoms with Crippen molar-refractivity contribution in [3.63, 3.8) is 0 Å². The van der Waals surface area contributed by atoms with Gasteiger partial charge in [-0.1, -0.05) is 49.2 Å². The molecule has 0 aliphatic heterocycles. The zero-order chi connectivity index (χ0) is 19.2. The van der Waals surface area contributed by atoms with Gasteiger partial charge in [-0.3, -0.25) is 0 Å². The van der Waals surface area contributed by atoms with Crippen LogP contribution in [0.4, 0.5) is 0 Å². The van der Waals surface area contributed by atoms with Crippen molar-refractivity contribution in [1.82, 2.24) is 0 Å². The second-order valence-electron chi connectivity index (χ2n) is 5.57. The second-order valence-corrected chi connectivity index (χ2v) is 11.1. The molecule has 0 spiro atoms. The van der Waals surface area contributed by atoms with Crippen LogP contribution in [0.15, 0.2) is 82.3 Å². The van der Waals surface area contributed by atoms with Gasteiger partial charge in [-0.05, 0) is 46.2 Å². The molecule has 0 aliphatic carbocycles. The maximum absolute atomic E-state index is 3.73. The molecule has 0 saturated heterocycles. The van der Waals surface area contributed by atoms with Crippen LogP contribution in [0.5, 0.6) is 0 Å². The van der Waals surface area contributed by atoms with Crippen molar-refractivity contribution in [3.8, 4) is 0 Å². The first-order chi connectivity index (χ1) is 13.3. The summed E-state index contributed by atoms with van der Waals surface area (Å²) in [5, 5.41) is 3.84. The number of hydrogen-bond donors (Lipinski definition) is 0. The summed E-state index contributed by atoms with van der Waals surface area (Å²) in [6.45, 7) is 7.47. The predicted octanol–water partition coefficient (Wildman–Crippen LogP) is 8.06. The first-order valence-corrected chi connectivity index (χ1v) is 14.0. The molecule has 0 saturated carbocycles. The Bertz CT molecular complexity index is 605. The molecule has 5 heteroatoms. The fourth-order valence-electron chi connectivity index (χ4n) is 2.20. The first kappa shape index (κ1) is 23.0. The number of benzene rings is 2. The van der Waals surface area contributed by atoms with Crippen LogP contribution in [-0.2, 0) is 11.5 Å². The normalized spacial score (nSPS) is 10.7. The van der Waals surface area contributed by atoms with Crippen molar-refractivity contribution in [3.05, 3.63) is 83.6 Å². The molecule has 0 radical (unpaired) electrons. The van der Waals surface area contributed by atoms with Crippen LogP contribution in [0.1, 0.15) is 11.1 Å². The molecule has 0 N–H and O–H groups in total. The number of rotatable bonds is 14. The molecule has 2 aromatic carbocycles. The van der Waals surface area contributed by atoms with Gasteiger partial charge in [0.2, 0.25) is 0 Å². The van der Waals surface area contributed by atoms with Crippen LogP contribution in [-0.4, -0.2) is 23.0 Å². The predicted molar refractivity (Wildman–Crippen MR) is 135 cm³/mol. The van der Waals surface area contributed by atoms with Crippen molar-refractivity contribution in [2.24, 2.45) is 0 Å². The van der Waals surface area contributed by atoms with Gasteiger partial charge >= 0.3 is 0 Å². The molecule has 0 atom stereocenters. The topological polar surface area (TPSA) is 0 Å². The van der Waals surface area contributed by atoms with Crippen molar-refractivity contribution in [1.29, 1.82) is 0 Å². The Morgan fingerprint density at radius 3 is 1.37 bits per heavy atom. The fourth-order valence-corrected chi connectivity index (χ4v) is 6.21. The zero-order valence-corrected chi connectivity index (χ0v) is 19.6.